The van der Waals surface area contributed by atoms with Gasteiger partial charge in [-0.1, -0.05) is 66.7 Å². The molecule has 0 fully saturated rings. The minimum absolute atomic E-state index is 0.168. The Balaban J connectivity index is 1.60. The maximum Gasteiger partial charge on any atom is 0.328 e. The van der Waals surface area contributed by atoms with Crippen molar-refractivity contribution in [3.8, 4) is 0 Å². The summed E-state index contributed by atoms with van der Waals surface area (Å²) < 4.78 is 4.90. The van der Waals surface area contributed by atoms with E-state index in [1.54, 1.807) is 24.2 Å². The number of carbonyl (C=O) groups is 3. The first kappa shape index (κ1) is 25.4. The Morgan fingerprint density at radius 2 is 1.76 bits per heavy atom. The van der Waals surface area contributed by atoms with Gasteiger partial charge in [-0.05, 0) is 23.1 Å². The van der Waals surface area contributed by atoms with Crippen molar-refractivity contribution < 1.29 is 19.1 Å². The molecule has 37 heavy (non-hydrogen) atoms. The summed E-state index contributed by atoms with van der Waals surface area (Å²) in [6, 6.07) is 21.9. The number of amides is 2. The van der Waals surface area contributed by atoms with Gasteiger partial charge in [0.15, 0.2) is 0 Å². The third-order valence-corrected chi connectivity index (χ3v) is 6.05. The van der Waals surface area contributed by atoms with E-state index in [1.165, 1.54) is 13.4 Å². The summed E-state index contributed by atoms with van der Waals surface area (Å²) in [5.41, 5.74) is 2.39. The third-order valence-electron chi connectivity index (χ3n) is 6.05. The topological polar surface area (TPSA) is 104 Å². The number of aromatic amines is 1. The fraction of sp³-hybridized carbons (Fsp3) is 0.172. The van der Waals surface area contributed by atoms with Crippen LogP contribution in [0.4, 0.5) is 5.69 Å². The van der Waals surface area contributed by atoms with Gasteiger partial charge in [0.25, 0.3) is 0 Å². The Labute approximate surface area is 215 Å². The van der Waals surface area contributed by atoms with Gasteiger partial charge in [0.2, 0.25) is 11.8 Å². The van der Waals surface area contributed by atoms with Gasteiger partial charge in [-0.15, -0.1) is 0 Å². The molecule has 8 nitrogen and oxygen atoms in total. The van der Waals surface area contributed by atoms with E-state index in [4.69, 9.17) is 4.74 Å². The smallest absolute Gasteiger partial charge is 0.328 e. The summed E-state index contributed by atoms with van der Waals surface area (Å²) in [5.74, 6) is -1.39. The molecule has 0 radical (unpaired) electrons. The molecule has 1 atom stereocenters. The van der Waals surface area contributed by atoms with Crippen LogP contribution in [0.15, 0.2) is 90.9 Å². The fourth-order valence-electron chi connectivity index (χ4n) is 4.07. The molecule has 2 N–H and O–H groups in total. The lowest BCUT2D eigenvalue weighted by molar-refractivity contribution is -0.144. The Morgan fingerprint density at radius 3 is 2.49 bits per heavy atom. The molecule has 0 aliphatic carbocycles. The van der Waals surface area contributed by atoms with Crippen molar-refractivity contribution >= 4 is 40.3 Å². The highest BCUT2D eigenvalue weighted by Gasteiger charge is 2.26. The molecule has 0 unspecified atom stereocenters. The Bertz CT molecular complexity index is 1410. The first-order valence-electron chi connectivity index (χ1n) is 11.8. The second-order valence-electron chi connectivity index (χ2n) is 8.54. The summed E-state index contributed by atoms with van der Waals surface area (Å²) in [4.78, 5) is 47.7. The number of aromatic nitrogens is 2. The number of hydrogen-bond donors (Lipinski definition) is 2. The lowest BCUT2D eigenvalue weighted by Gasteiger charge is -2.21. The van der Waals surface area contributed by atoms with Crippen molar-refractivity contribution in [2.45, 2.75) is 18.9 Å². The van der Waals surface area contributed by atoms with Crippen molar-refractivity contribution in [1.82, 2.24) is 15.3 Å². The molecule has 0 aliphatic rings. The van der Waals surface area contributed by atoms with Crippen LogP contribution >= 0.6 is 0 Å². The summed E-state index contributed by atoms with van der Waals surface area (Å²) in [7, 11) is 2.95. The monoisotopic (exact) mass is 496 g/mol. The number of hydrogen-bond acceptors (Lipinski definition) is 5. The maximum atomic E-state index is 13.4. The van der Waals surface area contributed by atoms with E-state index in [2.05, 4.69) is 15.3 Å². The van der Waals surface area contributed by atoms with Crippen LogP contribution in [0.3, 0.4) is 0 Å². The van der Waals surface area contributed by atoms with E-state index >= 15 is 0 Å². The van der Waals surface area contributed by atoms with Crippen molar-refractivity contribution in [2.75, 3.05) is 19.1 Å². The standard InChI is InChI=1S/C29H28N4O4/c1-33(26-14-8-12-21-11-6-7-13-24(21)26)27(34)16-22(15-20-9-4-3-5-10-20)28(35)32-25(29(36)37-2)17-23-18-30-19-31-23/h3-15,18-19,25H,16-17H2,1-2H3,(H,30,31)(H,32,35)/t25-/m0/s1. The van der Waals surface area contributed by atoms with Crippen molar-refractivity contribution in [3.63, 3.8) is 0 Å². The molecular formula is C29H28N4O4. The molecule has 2 amide bonds. The van der Waals surface area contributed by atoms with Crippen LogP contribution in [0.1, 0.15) is 17.7 Å². The van der Waals surface area contributed by atoms with Gasteiger partial charge >= 0.3 is 5.97 Å². The van der Waals surface area contributed by atoms with Gasteiger partial charge in [0, 0.05) is 36.3 Å². The molecule has 0 spiro atoms. The molecule has 1 heterocycles. The Morgan fingerprint density at radius 1 is 1.03 bits per heavy atom. The Kier molecular flexibility index (Phi) is 8.10. The minimum Gasteiger partial charge on any atom is -0.467 e. The van der Waals surface area contributed by atoms with Crippen molar-refractivity contribution in [2.24, 2.45) is 0 Å². The number of esters is 1. The van der Waals surface area contributed by atoms with Gasteiger partial charge in [-0.2, -0.15) is 0 Å². The quantitative estimate of drug-likeness (QED) is 0.270. The summed E-state index contributed by atoms with van der Waals surface area (Å²) in [5, 5.41) is 4.69. The number of benzene rings is 3. The molecule has 3 aromatic carbocycles. The number of ether oxygens (including phenoxy) is 1. The van der Waals surface area contributed by atoms with Gasteiger partial charge in [0.1, 0.15) is 6.04 Å². The van der Waals surface area contributed by atoms with Crippen LogP contribution in [0, 0.1) is 0 Å². The minimum atomic E-state index is -0.956. The zero-order chi connectivity index (χ0) is 26.2. The van der Waals surface area contributed by atoms with Crippen LogP contribution in [-0.2, 0) is 25.5 Å². The average molecular weight is 497 g/mol. The normalized spacial score (nSPS) is 12.1. The molecule has 0 bridgehead atoms. The van der Waals surface area contributed by atoms with Crippen LogP contribution in [-0.4, -0.2) is 48.0 Å². The van der Waals surface area contributed by atoms with E-state index in [0.29, 0.717) is 5.69 Å². The van der Waals surface area contributed by atoms with Crippen molar-refractivity contribution in [1.29, 1.82) is 0 Å². The number of fused-ring (bicyclic) bond motifs is 1. The van der Waals surface area contributed by atoms with E-state index in [9.17, 15) is 14.4 Å². The lowest BCUT2D eigenvalue weighted by atomic mass is 10.0. The number of methoxy groups -OCH3 is 1. The Hall–Kier alpha value is -4.72. The van der Waals surface area contributed by atoms with Gasteiger partial charge in [-0.25, -0.2) is 9.78 Å². The number of nitrogens with one attached hydrogen (secondary N) is 2. The number of anilines is 1. The fourth-order valence-corrected chi connectivity index (χ4v) is 4.07. The highest BCUT2D eigenvalue weighted by atomic mass is 16.5. The van der Waals surface area contributed by atoms with Gasteiger partial charge < -0.3 is 19.9 Å². The van der Waals surface area contributed by atoms with E-state index in [-0.39, 0.29) is 24.3 Å². The zero-order valence-corrected chi connectivity index (χ0v) is 20.7. The van der Waals surface area contributed by atoms with Crippen molar-refractivity contribution in [3.05, 3.63) is 102 Å². The molecule has 4 aromatic rings. The first-order valence-corrected chi connectivity index (χ1v) is 11.8. The largest absolute Gasteiger partial charge is 0.467 e. The number of imidazole rings is 1. The second kappa shape index (κ2) is 11.8. The predicted octanol–water partition coefficient (Wildman–Crippen LogP) is 3.90. The number of carbonyl (C=O) groups excluding carboxylic acids is 3. The zero-order valence-electron chi connectivity index (χ0n) is 20.7. The third kappa shape index (κ3) is 6.29. The summed E-state index contributed by atoms with van der Waals surface area (Å²) in [6.07, 6.45) is 4.73. The van der Waals surface area contributed by atoms with Gasteiger partial charge in [0.05, 0.1) is 25.5 Å². The SMILES string of the molecule is COC(=O)[C@H](Cc1cnc[nH]1)NC(=O)C(=Cc1ccccc1)CC(=O)N(C)c1cccc2ccccc12. The molecule has 188 valence electrons. The molecule has 0 saturated heterocycles. The number of H-pyrrole nitrogens is 1. The molecule has 0 saturated carbocycles. The first-order chi connectivity index (χ1) is 18.0. The molecule has 8 heteroatoms. The van der Waals surface area contributed by atoms with Crippen LogP contribution in [0.2, 0.25) is 0 Å². The molecule has 0 aliphatic heterocycles. The highest BCUT2D eigenvalue weighted by Crippen LogP contribution is 2.27. The van der Waals surface area contributed by atoms with Gasteiger partial charge in [-0.3, -0.25) is 9.59 Å². The predicted molar refractivity (Wildman–Crippen MR) is 143 cm³/mol. The lowest BCUT2D eigenvalue weighted by Crippen LogP contribution is -2.44. The molecular weight excluding hydrogens is 468 g/mol. The van der Waals surface area contributed by atoms with E-state index in [0.717, 1.165) is 22.0 Å². The maximum absolute atomic E-state index is 13.4. The van der Waals surface area contributed by atoms with Crippen LogP contribution in [0.25, 0.3) is 16.8 Å². The number of nitrogens with zero attached hydrogens (tertiary/aromatic N) is 2. The average Bonchev–Trinajstić information content (AvgIpc) is 3.44. The van der Waals surface area contributed by atoms with Crippen LogP contribution < -0.4 is 10.2 Å². The summed E-state index contributed by atoms with van der Waals surface area (Å²) in [6.45, 7) is 0. The summed E-state index contributed by atoms with van der Waals surface area (Å²) >= 11 is 0. The van der Waals surface area contributed by atoms with E-state index < -0.39 is 17.9 Å². The highest BCUT2D eigenvalue weighted by molar-refractivity contribution is 6.09. The molecule has 1 aromatic heterocycles. The van der Waals surface area contributed by atoms with E-state index in [1.807, 2.05) is 72.8 Å². The number of rotatable bonds is 9. The van der Waals surface area contributed by atoms with Crippen LogP contribution in [0.5, 0.6) is 0 Å². The molecule has 4 rings (SSSR count). The second-order valence-corrected chi connectivity index (χ2v) is 8.54.